The van der Waals surface area contributed by atoms with E-state index in [1.54, 1.807) is 14.2 Å². The molecular weight excluding hydrogens is 270 g/mol. The molecule has 116 valence electrons. The maximum atomic E-state index is 12.0. The van der Waals surface area contributed by atoms with Crippen LogP contribution in [0.5, 0.6) is 11.5 Å². The van der Waals surface area contributed by atoms with Crippen LogP contribution in [-0.2, 0) is 9.63 Å². The van der Waals surface area contributed by atoms with E-state index in [2.05, 4.69) is 6.92 Å². The van der Waals surface area contributed by atoms with Crippen molar-refractivity contribution in [3.63, 3.8) is 0 Å². The van der Waals surface area contributed by atoms with E-state index in [4.69, 9.17) is 14.3 Å². The Morgan fingerprint density at radius 3 is 2.71 bits per heavy atom. The number of benzene rings is 1. The van der Waals surface area contributed by atoms with E-state index in [9.17, 15) is 4.79 Å². The third kappa shape index (κ3) is 3.47. The molecule has 0 radical (unpaired) electrons. The Morgan fingerprint density at radius 1 is 1.33 bits per heavy atom. The molecule has 5 nitrogen and oxygen atoms in total. The number of methoxy groups -OCH3 is 1. The van der Waals surface area contributed by atoms with Crippen LogP contribution in [0.3, 0.4) is 0 Å². The first-order chi connectivity index (χ1) is 10.1. The van der Waals surface area contributed by atoms with Gasteiger partial charge in [-0.25, -0.2) is 5.06 Å². The molecule has 0 N–H and O–H groups in total. The van der Waals surface area contributed by atoms with Crippen molar-refractivity contribution in [1.82, 2.24) is 5.06 Å². The Bertz CT molecular complexity index is 503. The number of carbonyl (C=O) groups excluding carboxylic acids is 1. The maximum Gasteiger partial charge on any atom is 0.249 e. The topological polar surface area (TPSA) is 48.0 Å². The fourth-order valence-electron chi connectivity index (χ4n) is 2.41. The van der Waals surface area contributed by atoms with Gasteiger partial charge in [-0.1, -0.05) is 13.0 Å². The second kappa shape index (κ2) is 6.80. The number of hydrogen-bond donors (Lipinski definition) is 0. The quantitative estimate of drug-likeness (QED) is 0.725. The summed E-state index contributed by atoms with van der Waals surface area (Å²) in [6.07, 6.45) is 1.80. The zero-order valence-electron chi connectivity index (χ0n) is 13.1. The molecule has 1 amide bonds. The zero-order valence-corrected chi connectivity index (χ0v) is 13.1. The van der Waals surface area contributed by atoms with Crippen LogP contribution in [0.25, 0.3) is 0 Å². The molecule has 0 spiro atoms. The van der Waals surface area contributed by atoms with E-state index >= 15 is 0 Å². The molecule has 1 aromatic carbocycles. The lowest BCUT2D eigenvalue weighted by Gasteiger charge is -2.14. The van der Waals surface area contributed by atoms with Gasteiger partial charge < -0.3 is 9.47 Å². The van der Waals surface area contributed by atoms with Gasteiger partial charge in [0.2, 0.25) is 5.91 Å². The lowest BCUT2D eigenvalue weighted by Crippen LogP contribution is -2.27. The standard InChI is InChI=1S/C16H23NO4/c1-5-8-21-14-7-6-11(9-15(14)19-3)12-10-13(12)16(18)17(2)20-4/h6-7,9,12-13H,5,8,10H2,1-4H3. The molecule has 0 aromatic heterocycles. The molecule has 1 aliphatic rings. The Morgan fingerprint density at radius 2 is 2.10 bits per heavy atom. The summed E-state index contributed by atoms with van der Waals surface area (Å²) in [6, 6.07) is 5.90. The van der Waals surface area contributed by atoms with Crippen molar-refractivity contribution in [3.8, 4) is 11.5 Å². The molecule has 0 bridgehead atoms. The fraction of sp³-hybridized carbons (Fsp3) is 0.562. The lowest BCUT2D eigenvalue weighted by molar-refractivity contribution is -0.170. The molecule has 1 fully saturated rings. The number of amides is 1. The smallest absolute Gasteiger partial charge is 0.249 e. The van der Waals surface area contributed by atoms with E-state index in [-0.39, 0.29) is 17.7 Å². The van der Waals surface area contributed by atoms with Gasteiger partial charge in [-0.15, -0.1) is 0 Å². The van der Waals surface area contributed by atoms with Crippen LogP contribution in [-0.4, -0.2) is 38.8 Å². The Balaban J connectivity index is 2.07. The van der Waals surface area contributed by atoms with Crippen LogP contribution < -0.4 is 9.47 Å². The second-order valence-corrected chi connectivity index (χ2v) is 5.23. The van der Waals surface area contributed by atoms with Gasteiger partial charge in [0.05, 0.1) is 20.8 Å². The molecule has 2 rings (SSSR count). The molecule has 1 aromatic rings. The van der Waals surface area contributed by atoms with Crippen LogP contribution in [0.2, 0.25) is 0 Å². The first kappa shape index (κ1) is 15.6. The molecule has 2 unspecified atom stereocenters. The highest BCUT2D eigenvalue weighted by molar-refractivity contribution is 5.82. The molecule has 5 heteroatoms. The molecule has 0 heterocycles. The number of rotatable bonds is 7. The second-order valence-electron chi connectivity index (χ2n) is 5.23. The normalized spacial score (nSPS) is 20.0. The molecule has 2 atom stereocenters. The number of ether oxygens (including phenoxy) is 2. The number of carbonyl (C=O) groups is 1. The Kier molecular flexibility index (Phi) is 5.07. The SMILES string of the molecule is CCCOc1ccc(C2CC2C(=O)N(C)OC)cc1OC. The van der Waals surface area contributed by atoms with Gasteiger partial charge >= 0.3 is 0 Å². The van der Waals surface area contributed by atoms with Crippen molar-refractivity contribution in [2.75, 3.05) is 27.9 Å². The summed E-state index contributed by atoms with van der Waals surface area (Å²) < 4.78 is 11.0. The maximum absolute atomic E-state index is 12.0. The van der Waals surface area contributed by atoms with Crippen molar-refractivity contribution in [2.45, 2.75) is 25.7 Å². The predicted molar refractivity (Wildman–Crippen MR) is 79.4 cm³/mol. The summed E-state index contributed by atoms with van der Waals surface area (Å²) in [5, 5.41) is 1.29. The lowest BCUT2D eigenvalue weighted by atomic mass is 10.1. The van der Waals surface area contributed by atoms with Gasteiger partial charge in [0.1, 0.15) is 0 Å². The van der Waals surface area contributed by atoms with Gasteiger partial charge in [0.15, 0.2) is 11.5 Å². The van der Waals surface area contributed by atoms with E-state index in [0.717, 1.165) is 29.9 Å². The largest absolute Gasteiger partial charge is 0.493 e. The molecule has 1 aliphatic carbocycles. The third-order valence-corrected chi connectivity index (χ3v) is 3.77. The summed E-state index contributed by atoms with van der Waals surface area (Å²) in [5.74, 6) is 1.74. The summed E-state index contributed by atoms with van der Waals surface area (Å²) in [5.41, 5.74) is 1.11. The van der Waals surface area contributed by atoms with Gasteiger partial charge in [0.25, 0.3) is 0 Å². The minimum absolute atomic E-state index is 0.00191. The van der Waals surface area contributed by atoms with Crippen LogP contribution in [0.4, 0.5) is 0 Å². The van der Waals surface area contributed by atoms with Gasteiger partial charge in [-0.3, -0.25) is 9.63 Å². The average Bonchev–Trinajstić information content (AvgIpc) is 3.31. The molecular formula is C16H23NO4. The van der Waals surface area contributed by atoms with Crippen LogP contribution in [0.1, 0.15) is 31.2 Å². The summed E-state index contributed by atoms with van der Waals surface area (Å²) in [7, 11) is 4.77. The Hall–Kier alpha value is -1.75. The van der Waals surface area contributed by atoms with Crippen molar-refractivity contribution < 1.29 is 19.1 Å². The Labute approximate surface area is 125 Å². The predicted octanol–water partition coefficient (Wildman–Crippen LogP) is 2.61. The van der Waals surface area contributed by atoms with Crippen molar-refractivity contribution in [2.24, 2.45) is 5.92 Å². The zero-order chi connectivity index (χ0) is 15.4. The highest BCUT2D eigenvalue weighted by atomic mass is 16.7. The number of hydroxylamine groups is 2. The van der Waals surface area contributed by atoms with E-state index in [1.807, 2.05) is 18.2 Å². The van der Waals surface area contributed by atoms with Gasteiger partial charge in [-0.2, -0.15) is 0 Å². The highest BCUT2D eigenvalue weighted by Gasteiger charge is 2.45. The van der Waals surface area contributed by atoms with Crippen molar-refractivity contribution >= 4 is 5.91 Å². The first-order valence-electron chi connectivity index (χ1n) is 7.24. The molecule has 0 aliphatic heterocycles. The summed E-state index contributed by atoms with van der Waals surface area (Å²) >= 11 is 0. The third-order valence-electron chi connectivity index (χ3n) is 3.77. The van der Waals surface area contributed by atoms with E-state index in [1.165, 1.54) is 12.2 Å². The number of nitrogens with zero attached hydrogens (tertiary/aromatic N) is 1. The minimum Gasteiger partial charge on any atom is -0.493 e. The number of hydrogen-bond acceptors (Lipinski definition) is 4. The summed E-state index contributed by atoms with van der Waals surface area (Å²) in [4.78, 5) is 17.0. The molecule has 1 saturated carbocycles. The fourth-order valence-corrected chi connectivity index (χ4v) is 2.41. The van der Waals surface area contributed by atoms with Crippen LogP contribution in [0.15, 0.2) is 18.2 Å². The van der Waals surface area contributed by atoms with Crippen LogP contribution >= 0.6 is 0 Å². The first-order valence-corrected chi connectivity index (χ1v) is 7.24. The van der Waals surface area contributed by atoms with E-state index in [0.29, 0.717) is 6.61 Å². The van der Waals surface area contributed by atoms with Crippen molar-refractivity contribution in [3.05, 3.63) is 23.8 Å². The van der Waals surface area contributed by atoms with Crippen molar-refractivity contribution in [1.29, 1.82) is 0 Å². The van der Waals surface area contributed by atoms with Crippen LogP contribution in [0, 0.1) is 5.92 Å². The monoisotopic (exact) mass is 293 g/mol. The summed E-state index contributed by atoms with van der Waals surface area (Å²) in [6.45, 7) is 2.73. The van der Waals surface area contributed by atoms with E-state index < -0.39 is 0 Å². The minimum atomic E-state index is 0.00191. The van der Waals surface area contributed by atoms with Gasteiger partial charge in [0, 0.05) is 13.0 Å². The highest BCUT2D eigenvalue weighted by Crippen LogP contribution is 2.49. The van der Waals surface area contributed by atoms with Gasteiger partial charge in [-0.05, 0) is 36.5 Å². The average molecular weight is 293 g/mol. The molecule has 21 heavy (non-hydrogen) atoms. The molecule has 0 saturated heterocycles.